The van der Waals surface area contributed by atoms with Crippen molar-refractivity contribution >= 4 is 11.7 Å². The Morgan fingerprint density at radius 1 is 1.47 bits per heavy atom. The number of rotatable bonds is 3. The highest BCUT2D eigenvalue weighted by atomic mass is 16.1. The highest BCUT2D eigenvalue weighted by Gasteiger charge is 2.07. The lowest BCUT2D eigenvalue weighted by atomic mass is 10.1. The monoisotopic (exact) mass is 230 g/mol. The number of nitrogens with one attached hydrogen (secondary N) is 2. The first-order chi connectivity index (χ1) is 8.20. The molecule has 1 aromatic heterocycles. The number of amides is 1. The van der Waals surface area contributed by atoms with E-state index in [1.807, 2.05) is 19.1 Å². The highest BCUT2D eigenvalue weighted by molar-refractivity contribution is 5.95. The second-order valence-electron chi connectivity index (χ2n) is 3.65. The number of aromatic amines is 1. The fraction of sp³-hybridized carbons (Fsp3) is 0.167. The number of anilines is 1. The van der Waals surface area contributed by atoms with Crippen molar-refractivity contribution in [2.24, 2.45) is 0 Å². The summed E-state index contributed by atoms with van der Waals surface area (Å²) >= 11 is 0. The van der Waals surface area contributed by atoms with Crippen molar-refractivity contribution < 1.29 is 4.79 Å². The molecule has 0 saturated heterocycles. The van der Waals surface area contributed by atoms with Gasteiger partial charge < -0.3 is 11.1 Å². The molecule has 0 atom stereocenters. The molecule has 0 aliphatic rings. The van der Waals surface area contributed by atoms with Gasteiger partial charge in [0, 0.05) is 23.7 Å². The zero-order chi connectivity index (χ0) is 12.3. The molecule has 5 nitrogen and oxygen atoms in total. The summed E-state index contributed by atoms with van der Waals surface area (Å²) in [5.41, 5.74) is 7.85. The maximum absolute atomic E-state index is 11.7. The molecule has 2 aromatic rings. The molecule has 17 heavy (non-hydrogen) atoms. The van der Waals surface area contributed by atoms with Crippen LogP contribution in [0.5, 0.6) is 0 Å². The molecule has 0 unspecified atom stereocenters. The van der Waals surface area contributed by atoms with E-state index in [0.29, 0.717) is 17.9 Å². The van der Waals surface area contributed by atoms with Crippen molar-refractivity contribution in [3.63, 3.8) is 0 Å². The molecule has 0 aliphatic heterocycles. The summed E-state index contributed by atoms with van der Waals surface area (Å²) in [5, 5.41) is 9.43. The molecule has 0 spiro atoms. The summed E-state index contributed by atoms with van der Waals surface area (Å²) in [7, 11) is 0. The van der Waals surface area contributed by atoms with E-state index in [9.17, 15) is 4.79 Å². The molecule has 2 rings (SSSR count). The van der Waals surface area contributed by atoms with Crippen LogP contribution in [-0.4, -0.2) is 22.6 Å². The summed E-state index contributed by atoms with van der Waals surface area (Å²) in [5.74, 6) is 0.352. The lowest BCUT2D eigenvalue weighted by Gasteiger charge is -2.03. The minimum Gasteiger partial charge on any atom is -0.382 e. The molecule has 0 fully saturated rings. The van der Waals surface area contributed by atoms with E-state index in [2.05, 4.69) is 15.5 Å². The average Bonchev–Trinajstić information content (AvgIpc) is 2.76. The lowest BCUT2D eigenvalue weighted by molar-refractivity contribution is 0.0956. The van der Waals surface area contributed by atoms with Gasteiger partial charge >= 0.3 is 0 Å². The quantitative estimate of drug-likeness (QED) is 0.745. The normalized spacial score (nSPS) is 10.2. The summed E-state index contributed by atoms with van der Waals surface area (Å²) in [6, 6.07) is 9.04. The fourth-order valence-corrected chi connectivity index (χ4v) is 1.58. The van der Waals surface area contributed by atoms with Crippen LogP contribution in [0.1, 0.15) is 17.3 Å². The highest BCUT2D eigenvalue weighted by Crippen LogP contribution is 2.19. The van der Waals surface area contributed by atoms with Gasteiger partial charge in [-0.05, 0) is 19.1 Å². The number of hydrogen-bond donors (Lipinski definition) is 3. The van der Waals surface area contributed by atoms with Crippen LogP contribution < -0.4 is 11.1 Å². The van der Waals surface area contributed by atoms with Crippen molar-refractivity contribution in [1.82, 2.24) is 15.5 Å². The van der Waals surface area contributed by atoms with Gasteiger partial charge in [-0.3, -0.25) is 9.89 Å². The van der Waals surface area contributed by atoms with Crippen LogP contribution in [0, 0.1) is 0 Å². The van der Waals surface area contributed by atoms with Gasteiger partial charge in [0.25, 0.3) is 5.91 Å². The number of H-pyrrole nitrogens is 1. The number of nitrogen functional groups attached to an aromatic ring is 1. The molecule has 0 radical (unpaired) electrons. The molecule has 0 saturated carbocycles. The Balaban J connectivity index is 2.31. The fourth-order valence-electron chi connectivity index (χ4n) is 1.58. The van der Waals surface area contributed by atoms with E-state index in [1.165, 1.54) is 0 Å². The van der Waals surface area contributed by atoms with Gasteiger partial charge in [-0.2, -0.15) is 5.10 Å². The van der Waals surface area contributed by atoms with Gasteiger partial charge in [0.2, 0.25) is 0 Å². The van der Waals surface area contributed by atoms with Crippen molar-refractivity contribution in [2.45, 2.75) is 6.92 Å². The van der Waals surface area contributed by atoms with Crippen LogP contribution in [0.4, 0.5) is 5.82 Å². The van der Waals surface area contributed by atoms with Gasteiger partial charge in [0.05, 0.1) is 5.69 Å². The predicted octanol–water partition coefficient (Wildman–Crippen LogP) is 1.41. The maximum Gasteiger partial charge on any atom is 0.251 e. The van der Waals surface area contributed by atoms with Crippen LogP contribution in [-0.2, 0) is 0 Å². The van der Waals surface area contributed by atoms with Crippen LogP contribution in [0.15, 0.2) is 30.3 Å². The zero-order valence-corrected chi connectivity index (χ0v) is 9.53. The van der Waals surface area contributed by atoms with Gasteiger partial charge in [0.1, 0.15) is 5.82 Å². The Labute approximate surface area is 99.0 Å². The van der Waals surface area contributed by atoms with Crippen LogP contribution in [0.25, 0.3) is 11.3 Å². The first-order valence-electron chi connectivity index (χ1n) is 5.40. The third-order valence-corrected chi connectivity index (χ3v) is 2.37. The second kappa shape index (κ2) is 4.69. The van der Waals surface area contributed by atoms with Crippen molar-refractivity contribution in [3.8, 4) is 11.3 Å². The molecule has 0 bridgehead atoms. The number of carbonyl (C=O) groups is 1. The van der Waals surface area contributed by atoms with E-state index >= 15 is 0 Å². The minimum absolute atomic E-state index is 0.0816. The molecular weight excluding hydrogens is 216 g/mol. The molecule has 4 N–H and O–H groups in total. The third-order valence-electron chi connectivity index (χ3n) is 2.37. The van der Waals surface area contributed by atoms with Crippen LogP contribution >= 0.6 is 0 Å². The van der Waals surface area contributed by atoms with Gasteiger partial charge in [-0.25, -0.2) is 0 Å². The van der Waals surface area contributed by atoms with E-state index < -0.39 is 0 Å². The SMILES string of the molecule is CCNC(=O)c1cccc(-c2cc(N)n[nH]2)c1. The number of aromatic nitrogens is 2. The zero-order valence-electron chi connectivity index (χ0n) is 9.53. The Kier molecular flexibility index (Phi) is 3.09. The maximum atomic E-state index is 11.7. The minimum atomic E-state index is -0.0816. The Morgan fingerprint density at radius 2 is 2.29 bits per heavy atom. The first-order valence-corrected chi connectivity index (χ1v) is 5.40. The van der Waals surface area contributed by atoms with E-state index in [-0.39, 0.29) is 5.91 Å². The number of benzene rings is 1. The first kappa shape index (κ1) is 11.2. The summed E-state index contributed by atoms with van der Waals surface area (Å²) < 4.78 is 0. The summed E-state index contributed by atoms with van der Waals surface area (Å²) in [6.45, 7) is 2.50. The Bertz CT molecular complexity index is 533. The summed E-state index contributed by atoms with van der Waals surface area (Å²) in [6.07, 6.45) is 0. The van der Waals surface area contributed by atoms with Crippen LogP contribution in [0.3, 0.4) is 0 Å². The molecule has 1 amide bonds. The van der Waals surface area contributed by atoms with E-state index in [0.717, 1.165) is 11.3 Å². The van der Waals surface area contributed by atoms with E-state index in [4.69, 9.17) is 5.73 Å². The molecule has 0 aliphatic carbocycles. The lowest BCUT2D eigenvalue weighted by Crippen LogP contribution is -2.22. The summed E-state index contributed by atoms with van der Waals surface area (Å²) in [4.78, 5) is 11.7. The molecular formula is C12H14N4O. The van der Waals surface area contributed by atoms with Gasteiger partial charge in [-0.1, -0.05) is 12.1 Å². The van der Waals surface area contributed by atoms with E-state index in [1.54, 1.807) is 18.2 Å². The number of hydrogen-bond acceptors (Lipinski definition) is 3. The molecule has 1 aromatic carbocycles. The topological polar surface area (TPSA) is 83.8 Å². The van der Waals surface area contributed by atoms with Crippen molar-refractivity contribution in [1.29, 1.82) is 0 Å². The van der Waals surface area contributed by atoms with Crippen molar-refractivity contribution in [2.75, 3.05) is 12.3 Å². The molecule has 88 valence electrons. The van der Waals surface area contributed by atoms with Gasteiger partial charge in [0.15, 0.2) is 0 Å². The second-order valence-corrected chi connectivity index (χ2v) is 3.65. The number of carbonyl (C=O) groups excluding carboxylic acids is 1. The third kappa shape index (κ3) is 2.44. The van der Waals surface area contributed by atoms with Gasteiger partial charge in [-0.15, -0.1) is 0 Å². The molecule has 1 heterocycles. The Hall–Kier alpha value is -2.30. The Morgan fingerprint density at radius 3 is 2.94 bits per heavy atom. The predicted molar refractivity (Wildman–Crippen MR) is 66.4 cm³/mol. The average molecular weight is 230 g/mol. The van der Waals surface area contributed by atoms with Crippen LogP contribution in [0.2, 0.25) is 0 Å². The molecule has 5 heteroatoms. The standard InChI is InChI=1S/C12H14N4O/c1-2-14-12(17)9-5-3-4-8(6-9)10-7-11(13)16-15-10/h3-7H,2H2,1H3,(H,14,17)(H3,13,15,16). The number of nitrogens with two attached hydrogens (primary N) is 1. The van der Waals surface area contributed by atoms with Crippen molar-refractivity contribution in [3.05, 3.63) is 35.9 Å². The largest absolute Gasteiger partial charge is 0.382 e. The number of nitrogens with zero attached hydrogens (tertiary/aromatic N) is 1. The smallest absolute Gasteiger partial charge is 0.251 e.